The Hall–Kier alpha value is -0.770. The summed E-state index contributed by atoms with van der Waals surface area (Å²) in [7, 11) is 0. The van der Waals surface area contributed by atoms with E-state index in [1.165, 1.54) is 0 Å². The fourth-order valence-corrected chi connectivity index (χ4v) is 1.45. The maximum atomic E-state index is 5.69. The van der Waals surface area contributed by atoms with Crippen molar-refractivity contribution in [1.29, 1.82) is 0 Å². The first-order valence-electron chi connectivity index (χ1n) is 6.27. The highest BCUT2D eigenvalue weighted by Crippen LogP contribution is 2.09. The van der Waals surface area contributed by atoms with E-state index in [-0.39, 0.29) is 0 Å². The highest BCUT2D eigenvalue weighted by atomic mass is 16.5. The molecule has 1 unspecified atom stereocenters. The van der Waals surface area contributed by atoms with Gasteiger partial charge in [0.15, 0.2) is 5.96 Å². The van der Waals surface area contributed by atoms with Crippen molar-refractivity contribution in [3.05, 3.63) is 0 Å². The largest absolute Gasteiger partial charge is 0.378 e. The molecule has 3 N–H and O–H groups in total. The Morgan fingerprint density at radius 1 is 1.38 bits per heavy atom. The minimum atomic E-state index is 0.302. The van der Waals surface area contributed by atoms with Crippen molar-refractivity contribution in [3.8, 4) is 0 Å². The summed E-state index contributed by atoms with van der Waals surface area (Å²) < 4.78 is 5.65. The van der Waals surface area contributed by atoms with E-state index in [2.05, 4.69) is 31.1 Å². The molecule has 16 heavy (non-hydrogen) atoms. The number of hydrogen-bond acceptors (Lipinski definition) is 2. The lowest BCUT2D eigenvalue weighted by atomic mass is 10.0. The first kappa shape index (κ1) is 15.2. The Balaban J connectivity index is 3.76. The molecule has 0 rings (SSSR count). The second-order valence-electron chi connectivity index (χ2n) is 4.22. The zero-order valence-electron chi connectivity index (χ0n) is 11.1. The van der Waals surface area contributed by atoms with E-state index in [0.717, 1.165) is 32.5 Å². The molecule has 0 radical (unpaired) electrons. The summed E-state index contributed by atoms with van der Waals surface area (Å²) in [5.41, 5.74) is 5.69. The third-order valence-electron chi connectivity index (χ3n) is 2.37. The normalized spacial score (nSPS) is 14.2. The van der Waals surface area contributed by atoms with E-state index in [1.54, 1.807) is 0 Å². The van der Waals surface area contributed by atoms with E-state index >= 15 is 0 Å². The van der Waals surface area contributed by atoms with Gasteiger partial charge in [-0.1, -0.05) is 20.8 Å². The Kier molecular flexibility index (Phi) is 9.00. The van der Waals surface area contributed by atoms with Crippen molar-refractivity contribution in [2.45, 2.75) is 46.6 Å². The molecule has 0 saturated heterocycles. The smallest absolute Gasteiger partial charge is 0.188 e. The van der Waals surface area contributed by atoms with Crippen LogP contribution in [0.2, 0.25) is 0 Å². The second kappa shape index (κ2) is 9.46. The summed E-state index contributed by atoms with van der Waals surface area (Å²) in [6, 6.07) is 0. The average Bonchev–Trinajstić information content (AvgIpc) is 2.25. The molecule has 0 aliphatic heterocycles. The van der Waals surface area contributed by atoms with Gasteiger partial charge in [0.25, 0.3) is 0 Å². The summed E-state index contributed by atoms with van der Waals surface area (Å²) >= 11 is 0. The minimum absolute atomic E-state index is 0.302. The monoisotopic (exact) mass is 229 g/mol. The van der Waals surface area contributed by atoms with Gasteiger partial charge in [-0.3, -0.25) is 4.99 Å². The summed E-state index contributed by atoms with van der Waals surface area (Å²) in [5, 5.41) is 3.11. The highest BCUT2D eigenvalue weighted by molar-refractivity contribution is 5.77. The molecule has 1 atom stereocenters. The quantitative estimate of drug-likeness (QED) is 0.492. The molecule has 0 saturated carbocycles. The molecule has 4 nitrogen and oxygen atoms in total. The standard InChI is InChI=1S/C12H27N3O/c1-5-8-14-12(13)15-9-7-11(10(3)4)16-6-2/h10-11H,5-9H2,1-4H3,(H3,13,14,15). The number of nitrogens with zero attached hydrogens (tertiary/aromatic N) is 1. The number of hydrogen-bond donors (Lipinski definition) is 2. The van der Waals surface area contributed by atoms with Crippen molar-refractivity contribution in [3.63, 3.8) is 0 Å². The number of guanidine groups is 1. The number of nitrogens with two attached hydrogens (primary N) is 1. The van der Waals surface area contributed by atoms with Crippen molar-refractivity contribution >= 4 is 5.96 Å². The summed E-state index contributed by atoms with van der Waals surface area (Å²) in [6.45, 7) is 10.8. The lowest BCUT2D eigenvalue weighted by molar-refractivity contribution is 0.0258. The van der Waals surface area contributed by atoms with Gasteiger partial charge >= 0.3 is 0 Å². The first-order valence-corrected chi connectivity index (χ1v) is 6.27. The lowest BCUT2D eigenvalue weighted by Gasteiger charge is -2.20. The van der Waals surface area contributed by atoms with Gasteiger partial charge in [-0.25, -0.2) is 0 Å². The molecular formula is C12H27N3O. The number of ether oxygens (including phenoxy) is 1. The van der Waals surface area contributed by atoms with Crippen LogP contribution in [0.25, 0.3) is 0 Å². The van der Waals surface area contributed by atoms with Crippen LogP contribution in [-0.4, -0.2) is 31.8 Å². The van der Waals surface area contributed by atoms with Crippen LogP contribution in [0, 0.1) is 5.92 Å². The van der Waals surface area contributed by atoms with Crippen LogP contribution >= 0.6 is 0 Å². The van der Waals surface area contributed by atoms with Crippen LogP contribution in [0.3, 0.4) is 0 Å². The molecule has 0 aromatic carbocycles. The topological polar surface area (TPSA) is 59.6 Å². The maximum absolute atomic E-state index is 5.69. The van der Waals surface area contributed by atoms with Crippen LogP contribution in [0.1, 0.15) is 40.5 Å². The van der Waals surface area contributed by atoms with Crippen molar-refractivity contribution < 1.29 is 4.74 Å². The number of nitrogens with one attached hydrogen (secondary N) is 1. The Morgan fingerprint density at radius 2 is 2.06 bits per heavy atom. The van der Waals surface area contributed by atoms with Crippen LogP contribution in [0.15, 0.2) is 4.99 Å². The molecule has 0 aromatic rings. The van der Waals surface area contributed by atoms with Gasteiger partial charge < -0.3 is 15.8 Å². The Labute approximate surface area is 99.7 Å². The van der Waals surface area contributed by atoms with Crippen molar-refractivity contribution in [2.24, 2.45) is 16.6 Å². The van der Waals surface area contributed by atoms with Crippen LogP contribution in [-0.2, 0) is 4.74 Å². The van der Waals surface area contributed by atoms with Gasteiger partial charge in [0.2, 0.25) is 0 Å². The Morgan fingerprint density at radius 3 is 2.56 bits per heavy atom. The zero-order valence-corrected chi connectivity index (χ0v) is 11.1. The first-order chi connectivity index (χ1) is 7.61. The molecule has 0 aliphatic rings. The average molecular weight is 229 g/mol. The zero-order chi connectivity index (χ0) is 12.4. The van der Waals surface area contributed by atoms with Gasteiger partial charge in [0, 0.05) is 19.7 Å². The number of aliphatic imine (C=N–C) groups is 1. The molecule has 96 valence electrons. The SMILES string of the molecule is CCCN=C(N)NCCC(OCC)C(C)C. The molecule has 0 fully saturated rings. The van der Waals surface area contributed by atoms with E-state index < -0.39 is 0 Å². The molecule has 0 bridgehead atoms. The summed E-state index contributed by atoms with van der Waals surface area (Å²) in [5.74, 6) is 1.08. The predicted octanol–water partition coefficient (Wildman–Crippen LogP) is 1.75. The summed E-state index contributed by atoms with van der Waals surface area (Å²) in [6.07, 6.45) is 2.29. The maximum Gasteiger partial charge on any atom is 0.188 e. The molecule has 4 heteroatoms. The molecule has 0 aliphatic carbocycles. The Bertz CT molecular complexity index is 193. The summed E-state index contributed by atoms with van der Waals surface area (Å²) in [4.78, 5) is 4.17. The van der Waals surface area contributed by atoms with Gasteiger partial charge in [0.05, 0.1) is 6.10 Å². The molecule has 0 spiro atoms. The number of rotatable bonds is 8. The lowest BCUT2D eigenvalue weighted by Crippen LogP contribution is -2.35. The fraction of sp³-hybridized carbons (Fsp3) is 0.917. The van der Waals surface area contributed by atoms with Gasteiger partial charge in [0.1, 0.15) is 0 Å². The van der Waals surface area contributed by atoms with Crippen molar-refractivity contribution in [1.82, 2.24) is 5.32 Å². The molecular weight excluding hydrogens is 202 g/mol. The van der Waals surface area contributed by atoms with Gasteiger partial charge in [-0.05, 0) is 25.7 Å². The van der Waals surface area contributed by atoms with Crippen LogP contribution in [0.4, 0.5) is 0 Å². The highest BCUT2D eigenvalue weighted by Gasteiger charge is 2.12. The van der Waals surface area contributed by atoms with E-state index in [0.29, 0.717) is 18.0 Å². The van der Waals surface area contributed by atoms with E-state index in [4.69, 9.17) is 10.5 Å². The minimum Gasteiger partial charge on any atom is -0.378 e. The second-order valence-corrected chi connectivity index (χ2v) is 4.22. The van der Waals surface area contributed by atoms with Gasteiger partial charge in [-0.2, -0.15) is 0 Å². The third-order valence-corrected chi connectivity index (χ3v) is 2.37. The van der Waals surface area contributed by atoms with Gasteiger partial charge in [-0.15, -0.1) is 0 Å². The van der Waals surface area contributed by atoms with Crippen LogP contribution < -0.4 is 11.1 Å². The van der Waals surface area contributed by atoms with E-state index in [1.807, 2.05) is 6.92 Å². The van der Waals surface area contributed by atoms with E-state index in [9.17, 15) is 0 Å². The molecule has 0 aromatic heterocycles. The molecule has 0 amide bonds. The molecule has 0 heterocycles. The third kappa shape index (κ3) is 7.51. The van der Waals surface area contributed by atoms with Crippen LogP contribution in [0.5, 0.6) is 0 Å². The van der Waals surface area contributed by atoms with Crippen molar-refractivity contribution in [2.75, 3.05) is 19.7 Å². The fourth-order valence-electron chi connectivity index (χ4n) is 1.45. The predicted molar refractivity (Wildman–Crippen MR) is 69.7 cm³/mol.